The summed E-state index contributed by atoms with van der Waals surface area (Å²) in [4.78, 5) is 4.32. The van der Waals surface area contributed by atoms with E-state index in [0.29, 0.717) is 0 Å². The maximum Gasteiger partial charge on any atom is 0.0386 e. The lowest BCUT2D eigenvalue weighted by Crippen LogP contribution is -1.94. The molecule has 0 heterocycles. The van der Waals surface area contributed by atoms with Gasteiger partial charge in [-0.3, -0.25) is 4.99 Å². The largest absolute Gasteiger partial charge is 0.293 e. The van der Waals surface area contributed by atoms with Crippen LogP contribution in [-0.4, -0.2) is 12.8 Å². The van der Waals surface area contributed by atoms with Gasteiger partial charge in [0.2, 0.25) is 0 Å². The number of hydrogen-bond acceptors (Lipinski definition) is 1. The molecule has 0 bridgehead atoms. The molecule has 4 aromatic carbocycles. The summed E-state index contributed by atoms with van der Waals surface area (Å²) in [5.41, 5.74) is 2.26. The van der Waals surface area contributed by atoms with E-state index in [4.69, 9.17) is 0 Å². The van der Waals surface area contributed by atoms with Gasteiger partial charge in [0.15, 0.2) is 0 Å². The Morgan fingerprint density at radius 3 is 1.59 bits per heavy atom. The molecule has 0 fully saturated rings. The summed E-state index contributed by atoms with van der Waals surface area (Å²) in [7, 11) is 1.85. The molecule has 1 nitrogen and oxygen atoms in total. The highest BCUT2D eigenvalue weighted by molar-refractivity contribution is 6.26. The molecule has 0 spiro atoms. The van der Waals surface area contributed by atoms with Gasteiger partial charge < -0.3 is 0 Å². The molecule has 0 amide bonds. The van der Waals surface area contributed by atoms with Gasteiger partial charge in [-0.05, 0) is 50.9 Å². The molecule has 4 aromatic rings. The molecule has 0 aromatic heterocycles. The van der Waals surface area contributed by atoms with Crippen LogP contribution in [0.2, 0.25) is 0 Å². The zero-order chi connectivity index (χ0) is 15.1. The van der Waals surface area contributed by atoms with Crippen LogP contribution in [-0.2, 0) is 0 Å². The first-order valence-corrected chi connectivity index (χ1v) is 7.56. The third kappa shape index (κ3) is 1.82. The average molecular weight is 283 g/mol. The second-order valence-electron chi connectivity index (χ2n) is 5.66. The lowest BCUT2D eigenvalue weighted by Gasteiger charge is -2.11. The van der Waals surface area contributed by atoms with Gasteiger partial charge in [-0.25, -0.2) is 0 Å². The maximum atomic E-state index is 4.32. The Labute approximate surface area is 129 Å². The summed E-state index contributed by atoms with van der Waals surface area (Å²) >= 11 is 0. The lowest BCUT2D eigenvalue weighted by atomic mass is 9.93. The van der Waals surface area contributed by atoms with Crippen LogP contribution in [0.4, 0.5) is 0 Å². The minimum atomic E-state index is 1.07. The van der Waals surface area contributed by atoms with Gasteiger partial charge in [0.25, 0.3) is 0 Å². The molecule has 0 unspecified atom stereocenters. The van der Waals surface area contributed by atoms with Crippen LogP contribution < -0.4 is 0 Å². The average Bonchev–Trinajstić information content (AvgIpc) is 2.61. The first-order valence-electron chi connectivity index (χ1n) is 7.56. The zero-order valence-electron chi connectivity index (χ0n) is 12.8. The molecule has 22 heavy (non-hydrogen) atoms. The molecule has 1 heteroatoms. The van der Waals surface area contributed by atoms with Gasteiger partial charge in [0, 0.05) is 12.8 Å². The van der Waals surface area contributed by atoms with Crippen LogP contribution in [0.25, 0.3) is 32.3 Å². The van der Waals surface area contributed by atoms with Crippen molar-refractivity contribution in [2.24, 2.45) is 4.99 Å². The quantitative estimate of drug-likeness (QED) is 0.319. The van der Waals surface area contributed by atoms with E-state index in [-0.39, 0.29) is 0 Å². The third-order valence-electron chi connectivity index (χ3n) is 4.50. The highest BCUT2D eigenvalue weighted by Gasteiger charge is 2.09. The van der Waals surface area contributed by atoms with Crippen LogP contribution in [0.5, 0.6) is 0 Å². The Hall–Kier alpha value is -2.67. The molecule has 0 radical (unpaired) electrons. The van der Waals surface area contributed by atoms with Gasteiger partial charge >= 0.3 is 0 Å². The Morgan fingerprint density at radius 2 is 1.09 bits per heavy atom. The summed E-state index contributed by atoms with van der Waals surface area (Å²) in [5.74, 6) is 0. The van der Waals surface area contributed by atoms with Gasteiger partial charge in [-0.1, -0.05) is 60.7 Å². The highest BCUT2D eigenvalue weighted by atomic mass is 14.7. The lowest BCUT2D eigenvalue weighted by molar-refractivity contribution is 1.41. The minimum Gasteiger partial charge on any atom is -0.293 e. The van der Waals surface area contributed by atoms with Crippen molar-refractivity contribution in [3.05, 3.63) is 72.3 Å². The van der Waals surface area contributed by atoms with Crippen LogP contribution >= 0.6 is 0 Å². The van der Waals surface area contributed by atoms with Crippen molar-refractivity contribution >= 4 is 38.0 Å². The smallest absolute Gasteiger partial charge is 0.0386 e. The van der Waals surface area contributed by atoms with Crippen molar-refractivity contribution in [2.75, 3.05) is 7.05 Å². The molecule has 0 aliphatic carbocycles. The summed E-state index contributed by atoms with van der Waals surface area (Å²) < 4.78 is 0. The first-order chi connectivity index (χ1) is 10.8. The van der Waals surface area contributed by atoms with Gasteiger partial charge in [-0.15, -0.1) is 0 Å². The molecule has 4 rings (SSSR count). The van der Waals surface area contributed by atoms with E-state index in [1.165, 1.54) is 37.9 Å². The fraction of sp³-hybridized carbons (Fsp3) is 0.0952. The fourth-order valence-corrected chi connectivity index (χ4v) is 3.26. The van der Waals surface area contributed by atoms with Gasteiger partial charge in [-0.2, -0.15) is 0 Å². The van der Waals surface area contributed by atoms with E-state index >= 15 is 0 Å². The molecule has 0 aliphatic rings. The number of nitrogens with zero attached hydrogens (tertiary/aromatic N) is 1. The van der Waals surface area contributed by atoms with E-state index < -0.39 is 0 Å². The molecule has 0 atom stereocenters. The van der Waals surface area contributed by atoms with Crippen LogP contribution in [0, 0.1) is 0 Å². The van der Waals surface area contributed by atoms with E-state index in [1.807, 2.05) is 7.05 Å². The molecular formula is C21H17N. The summed E-state index contributed by atoms with van der Waals surface area (Å²) in [5, 5.41) is 7.86. The molecule has 0 saturated carbocycles. The van der Waals surface area contributed by atoms with E-state index in [1.54, 1.807) is 0 Å². The van der Waals surface area contributed by atoms with Crippen molar-refractivity contribution < 1.29 is 0 Å². The van der Waals surface area contributed by atoms with Crippen molar-refractivity contribution in [2.45, 2.75) is 6.92 Å². The number of fused-ring (bicyclic) bond motifs is 6. The third-order valence-corrected chi connectivity index (χ3v) is 4.50. The Bertz CT molecular complexity index is 1010. The van der Waals surface area contributed by atoms with Crippen LogP contribution in [0.15, 0.2) is 71.7 Å². The molecule has 0 N–H and O–H groups in total. The first kappa shape index (κ1) is 13.0. The number of aliphatic imine (C=N–C) groups is 1. The van der Waals surface area contributed by atoms with E-state index in [9.17, 15) is 0 Å². The van der Waals surface area contributed by atoms with Crippen molar-refractivity contribution in [3.63, 3.8) is 0 Å². The Kier molecular flexibility index (Phi) is 2.93. The predicted octanol–water partition coefficient (Wildman–Crippen LogP) is 5.59. The fourth-order valence-electron chi connectivity index (χ4n) is 3.26. The van der Waals surface area contributed by atoms with Crippen LogP contribution in [0.3, 0.4) is 0 Å². The van der Waals surface area contributed by atoms with Gasteiger partial charge in [0.05, 0.1) is 0 Å². The van der Waals surface area contributed by atoms with Gasteiger partial charge in [0.1, 0.15) is 0 Å². The SMILES string of the molecule is C/N=C(\C)c1ccc2c3ccccc3c3ccccc3c2c1. The van der Waals surface area contributed by atoms with Crippen molar-refractivity contribution in [3.8, 4) is 0 Å². The second-order valence-corrected chi connectivity index (χ2v) is 5.66. The standard InChI is InChI=1S/C21H17N/c1-14(22-2)15-11-12-20-18-9-4-3-7-16(18)17-8-5-6-10-19(17)21(20)13-15/h3-13H,1-2H3/b22-14+. The normalized spacial score (nSPS) is 12.4. The van der Waals surface area contributed by atoms with E-state index in [2.05, 4.69) is 78.6 Å². The maximum absolute atomic E-state index is 4.32. The Balaban J connectivity index is 2.27. The molecule has 106 valence electrons. The summed E-state index contributed by atoms with van der Waals surface area (Å²) in [6.45, 7) is 2.06. The van der Waals surface area contributed by atoms with Crippen molar-refractivity contribution in [1.29, 1.82) is 0 Å². The molecule has 0 aliphatic heterocycles. The minimum absolute atomic E-state index is 1.07. The predicted molar refractivity (Wildman–Crippen MR) is 97.1 cm³/mol. The number of rotatable bonds is 1. The Morgan fingerprint density at radius 1 is 0.636 bits per heavy atom. The van der Waals surface area contributed by atoms with Crippen molar-refractivity contribution in [1.82, 2.24) is 0 Å². The number of hydrogen-bond donors (Lipinski definition) is 0. The monoisotopic (exact) mass is 283 g/mol. The second kappa shape index (κ2) is 4.96. The highest BCUT2D eigenvalue weighted by Crippen LogP contribution is 2.35. The molecule has 0 saturated heterocycles. The topological polar surface area (TPSA) is 12.4 Å². The summed E-state index contributed by atoms with van der Waals surface area (Å²) in [6.07, 6.45) is 0. The zero-order valence-corrected chi connectivity index (χ0v) is 12.8. The van der Waals surface area contributed by atoms with Crippen LogP contribution in [0.1, 0.15) is 12.5 Å². The molecular weight excluding hydrogens is 266 g/mol. The number of benzene rings is 4. The van der Waals surface area contributed by atoms with E-state index in [0.717, 1.165) is 5.71 Å². The summed E-state index contributed by atoms with van der Waals surface area (Å²) in [6, 6.07) is 24.0.